The Morgan fingerprint density at radius 3 is 2.70 bits per heavy atom. The molecule has 0 saturated heterocycles. The van der Waals surface area contributed by atoms with Crippen molar-refractivity contribution in [2.75, 3.05) is 35.8 Å². The molecule has 1 aliphatic heterocycles. The largest absolute Gasteiger partial charge is 0.495 e. The number of aromatic nitrogens is 2. The van der Waals surface area contributed by atoms with Crippen LogP contribution >= 0.6 is 0 Å². The molecule has 2 aliphatic rings. The van der Waals surface area contributed by atoms with Gasteiger partial charge in [-0.3, -0.25) is 4.79 Å². The summed E-state index contributed by atoms with van der Waals surface area (Å²) < 4.78 is 10.8. The number of rotatable bonds is 6. The summed E-state index contributed by atoms with van der Waals surface area (Å²) in [5.41, 5.74) is 1.75. The smallest absolute Gasteiger partial charge is 0.338 e. The molecule has 1 fully saturated rings. The monoisotopic (exact) mass is 453 g/mol. The van der Waals surface area contributed by atoms with Gasteiger partial charge in [0.25, 0.3) is 0 Å². The van der Waals surface area contributed by atoms with Crippen LogP contribution in [0.3, 0.4) is 0 Å². The number of benzene rings is 1. The number of esters is 1. The van der Waals surface area contributed by atoms with E-state index in [1.807, 2.05) is 0 Å². The lowest BCUT2D eigenvalue weighted by atomic mass is 10.2. The Hall–Kier alpha value is -3.36. The van der Waals surface area contributed by atoms with E-state index in [2.05, 4.69) is 15.2 Å². The minimum Gasteiger partial charge on any atom is -0.495 e. The number of nitrogens with one attached hydrogen (secondary N) is 1. The first-order chi connectivity index (χ1) is 15.9. The molecule has 0 unspecified atom stereocenters. The SMILES string of the molecule is COc1cc(C(=O)OC(C)C)ccc1Nc1ncc2c(n1)N(C1CCCC1)CCC(=O)N2C. The highest BCUT2D eigenvalue weighted by atomic mass is 16.5. The third-order valence-electron chi connectivity index (χ3n) is 6.12. The van der Waals surface area contributed by atoms with Crippen molar-refractivity contribution in [2.24, 2.45) is 0 Å². The number of carbonyl (C=O) groups excluding carboxylic acids is 2. The molecular formula is C24H31N5O4. The van der Waals surface area contributed by atoms with Gasteiger partial charge in [-0.25, -0.2) is 9.78 Å². The minimum atomic E-state index is -0.406. The fourth-order valence-corrected chi connectivity index (χ4v) is 4.39. The van der Waals surface area contributed by atoms with Crippen molar-refractivity contribution in [2.45, 2.75) is 58.1 Å². The summed E-state index contributed by atoms with van der Waals surface area (Å²) in [6.45, 7) is 4.26. The first kappa shape index (κ1) is 22.8. The van der Waals surface area contributed by atoms with E-state index in [1.165, 1.54) is 12.8 Å². The molecule has 9 heteroatoms. The third-order valence-corrected chi connectivity index (χ3v) is 6.12. The Balaban J connectivity index is 1.64. The van der Waals surface area contributed by atoms with Crippen LogP contribution in [0.1, 0.15) is 56.3 Å². The van der Waals surface area contributed by atoms with Gasteiger partial charge >= 0.3 is 5.97 Å². The number of fused-ring (bicyclic) bond motifs is 1. The summed E-state index contributed by atoms with van der Waals surface area (Å²) >= 11 is 0. The van der Waals surface area contributed by atoms with Crippen molar-refractivity contribution < 1.29 is 19.1 Å². The second-order valence-electron chi connectivity index (χ2n) is 8.73. The fraction of sp³-hybridized carbons (Fsp3) is 0.500. The van der Waals surface area contributed by atoms with E-state index >= 15 is 0 Å². The molecule has 176 valence electrons. The molecule has 1 amide bonds. The van der Waals surface area contributed by atoms with E-state index in [1.54, 1.807) is 57.3 Å². The van der Waals surface area contributed by atoms with Gasteiger partial charge in [-0.1, -0.05) is 12.8 Å². The highest BCUT2D eigenvalue weighted by Gasteiger charge is 2.31. The van der Waals surface area contributed by atoms with Gasteiger partial charge in [0.15, 0.2) is 5.82 Å². The fourth-order valence-electron chi connectivity index (χ4n) is 4.39. The van der Waals surface area contributed by atoms with Gasteiger partial charge in [0.2, 0.25) is 11.9 Å². The lowest BCUT2D eigenvalue weighted by Crippen LogP contribution is -2.34. The molecule has 2 aromatic rings. The molecule has 0 spiro atoms. The highest BCUT2D eigenvalue weighted by molar-refractivity contribution is 5.97. The van der Waals surface area contributed by atoms with Crippen molar-refractivity contribution in [1.82, 2.24) is 9.97 Å². The number of carbonyl (C=O) groups is 2. The van der Waals surface area contributed by atoms with Crippen LogP contribution in [0.2, 0.25) is 0 Å². The molecule has 1 N–H and O–H groups in total. The van der Waals surface area contributed by atoms with Crippen molar-refractivity contribution in [3.63, 3.8) is 0 Å². The molecule has 0 radical (unpaired) electrons. The Morgan fingerprint density at radius 1 is 1.24 bits per heavy atom. The number of ether oxygens (including phenoxy) is 2. The summed E-state index contributed by atoms with van der Waals surface area (Å²) in [4.78, 5) is 37.9. The van der Waals surface area contributed by atoms with Gasteiger partial charge < -0.3 is 24.6 Å². The summed E-state index contributed by atoms with van der Waals surface area (Å²) in [6, 6.07) is 5.44. The van der Waals surface area contributed by atoms with Crippen LogP contribution in [0.15, 0.2) is 24.4 Å². The van der Waals surface area contributed by atoms with Crippen LogP contribution in [0.5, 0.6) is 5.75 Å². The second-order valence-corrected chi connectivity index (χ2v) is 8.73. The Morgan fingerprint density at radius 2 is 2.00 bits per heavy atom. The molecule has 1 saturated carbocycles. The quantitative estimate of drug-likeness (QED) is 0.658. The average Bonchev–Trinajstić information content (AvgIpc) is 3.29. The number of hydrogen-bond donors (Lipinski definition) is 1. The molecule has 1 aromatic carbocycles. The molecule has 4 rings (SSSR count). The predicted octanol–water partition coefficient (Wildman–Crippen LogP) is 3.91. The second kappa shape index (κ2) is 9.64. The summed E-state index contributed by atoms with van der Waals surface area (Å²) in [5.74, 6) is 1.30. The van der Waals surface area contributed by atoms with E-state index in [9.17, 15) is 9.59 Å². The van der Waals surface area contributed by atoms with E-state index in [0.29, 0.717) is 47.6 Å². The average molecular weight is 454 g/mol. The maximum absolute atomic E-state index is 12.5. The van der Waals surface area contributed by atoms with Gasteiger partial charge in [0.05, 0.1) is 30.7 Å². The van der Waals surface area contributed by atoms with E-state index in [4.69, 9.17) is 14.5 Å². The van der Waals surface area contributed by atoms with Crippen LogP contribution < -0.4 is 19.9 Å². The molecule has 0 bridgehead atoms. The highest BCUT2D eigenvalue weighted by Crippen LogP contribution is 2.37. The van der Waals surface area contributed by atoms with Crippen LogP contribution in [0.25, 0.3) is 0 Å². The Bertz CT molecular complexity index is 1040. The summed E-state index contributed by atoms with van der Waals surface area (Å²) in [6.07, 6.45) is 6.53. The van der Waals surface area contributed by atoms with Crippen molar-refractivity contribution in [3.05, 3.63) is 30.0 Å². The third kappa shape index (κ3) is 4.86. The zero-order valence-electron chi connectivity index (χ0n) is 19.6. The maximum Gasteiger partial charge on any atom is 0.338 e. The number of amides is 1. The van der Waals surface area contributed by atoms with Crippen molar-refractivity contribution in [3.8, 4) is 5.75 Å². The molecule has 2 heterocycles. The number of hydrogen-bond acceptors (Lipinski definition) is 8. The number of nitrogens with zero attached hydrogens (tertiary/aromatic N) is 4. The van der Waals surface area contributed by atoms with E-state index in [0.717, 1.165) is 18.7 Å². The normalized spacial score (nSPS) is 16.6. The Labute approximate surface area is 194 Å². The molecule has 33 heavy (non-hydrogen) atoms. The van der Waals surface area contributed by atoms with Gasteiger partial charge in [0.1, 0.15) is 11.4 Å². The standard InChI is InChI=1S/C24H31N5O4/c1-15(2)33-23(31)16-9-10-18(20(13-16)32-4)26-24-25-14-19-22(27-24)29(17-7-5-6-8-17)12-11-21(30)28(19)3/h9-10,13-15,17H,5-8,11-12H2,1-4H3,(H,25,26,27). The first-order valence-corrected chi connectivity index (χ1v) is 11.4. The molecule has 0 atom stereocenters. The maximum atomic E-state index is 12.5. The minimum absolute atomic E-state index is 0.0617. The summed E-state index contributed by atoms with van der Waals surface area (Å²) in [5, 5.41) is 3.21. The zero-order chi connectivity index (χ0) is 23.5. The predicted molar refractivity (Wildman–Crippen MR) is 126 cm³/mol. The van der Waals surface area contributed by atoms with E-state index in [-0.39, 0.29) is 12.0 Å². The molecular weight excluding hydrogens is 422 g/mol. The first-order valence-electron chi connectivity index (χ1n) is 11.4. The lowest BCUT2D eigenvalue weighted by Gasteiger charge is -2.30. The van der Waals surface area contributed by atoms with Crippen LogP contribution in [0, 0.1) is 0 Å². The molecule has 1 aliphatic carbocycles. The molecule has 1 aromatic heterocycles. The van der Waals surface area contributed by atoms with Gasteiger partial charge in [-0.05, 0) is 44.9 Å². The van der Waals surface area contributed by atoms with E-state index < -0.39 is 5.97 Å². The zero-order valence-corrected chi connectivity index (χ0v) is 19.6. The topological polar surface area (TPSA) is 96.9 Å². The Kier molecular flexibility index (Phi) is 6.67. The molecule has 9 nitrogen and oxygen atoms in total. The van der Waals surface area contributed by atoms with Crippen LogP contribution in [0.4, 0.5) is 23.1 Å². The number of methoxy groups -OCH3 is 1. The van der Waals surface area contributed by atoms with Gasteiger partial charge in [0, 0.05) is 26.1 Å². The van der Waals surface area contributed by atoms with Crippen LogP contribution in [-0.4, -0.2) is 54.7 Å². The lowest BCUT2D eigenvalue weighted by molar-refractivity contribution is -0.118. The number of anilines is 4. The summed E-state index contributed by atoms with van der Waals surface area (Å²) in [7, 11) is 3.31. The van der Waals surface area contributed by atoms with Gasteiger partial charge in [-0.2, -0.15) is 4.98 Å². The van der Waals surface area contributed by atoms with Crippen molar-refractivity contribution >= 4 is 35.0 Å². The van der Waals surface area contributed by atoms with Crippen LogP contribution in [-0.2, 0) is 9.53 Å². The van der Waals surface area contributed by atoms with Crippen molar-refractivity contribution in [1.29, 1.82) is 0 Å². The van der Waals surface area contributed by atoms with Gasteiger partial charge in [-0.15, -0.1) is 0 Å².